The molecule has 1 heterocycles. The molecule has 0 amide bonds. The molecule has 4 heteroatoms. The normalized spacial score (nSPS) is 10.1. The van der Waals surface area contributed by atoms with Gasteiger partial charge in [-0.05, 0) is 6.07 Å². The van der Waals surface area contributed by atoms with Crippen molar-refractivity contribution in [1.29, 1.82) is 0 Å². The SMILES string of the molecule is Cn1cc(C=O)cc(C(=O)c2ccccc2)c1=O. The van der Waals surface area contributed by atoms with Crippen LogP contribution in [-0.4, -0.2) is 16.6 Å². The summed E-state index contributed by atoms with van der Waals surface area (Å²) in [6.07, 6.45) is 2.01. The molecule has 0 bridgehead atoms. The smallest absolute Gasteiger partial charge is 0.261 e. The summed E-state index contributed by atoms with van der Waals surface area (Å²) in [4.78, 5) is 34.8. The lowest BCUT2D eigenvalue weighted by molar-refractivity contribution is 0.103. The average molecular weight is 241 g/mol. The molecule has 0 fully saturated rings. The van der Waals surface area contributed by atoms with E-state index < -0.39 is 5.56 Å². The second kappa shape index (κ2) is 4.79. The number of pyridine rings is 1. The lowest BCUT2D eigenvalue weighted by atomic mass is 10.0. The molecule has 90 valence electrons. The van der Waals surface area contributed by atoms with Crippen LogP contribution in [0.15, 0.2) is 47.4 Å². The van der Waals surface area contributed by atoms with Crippen LogP contribution in [0.3, 0.4) is 0 Å². The lowest BCUT2D eigenvalue weighted by Crippen LogP contribution is -2.25. The van der Waals surface area contributed by atoms with Gasteiger partial charge in [0, 0.05) is 24.4 Å². The van der Waals surface area contributed by atoms with Crippen LogP contribution in [-0.2, 0) is 7.05 Å². The molecule has 0 aliphatic rings. The zero-order chi connectivity index (χ0) is 13.1. The van der Waals surface area contributed by atoms with E-state index in [0.29, 0.717) is 17.4 Å². The molecule has 0 saturated heterocycles. The van der Waals surface area contributed by atoms with Gasteiger partial charge in [0.05, 0.1) is 5.56 Å². The van der Waals surface area contributed by atoms with Gasteiger partial charge in [0.15, 0.2) is 12.1 Å². The summed E-state index contributed by atoms with van der Waals surface area (Å²) in [6, 6.07) is 9.83. The van der Waals surface area contributed by atoms with E-state index in [2.05, 4.69) is 0 Å². The van der Waals surface area contributed by atoms with Crippen molar-refractivity contribution in [3.05, 3.63) is 69.6 Å². The minimum Gasteiger partial charge on any atom is -0.317 e. The molecule has 1 aromatic carbocycles. The van der Waals surface area contributed by atoms with Gasteiger partial charge in [0.2, 0.25) is 0 Å². The molecule has 2 aromatic rings. The monoisotopic (exact) mass is 241 g/mol. The highest BCUT2D eigenvalue weighted by Crippen LogP contribution is 2.07. The number of nitrogens with zero attached hydrogens (tertiary/aromatic N) is 1. The third-order valence-corrected chi connectivity index (χ3v) is 2.62. The Hall–Kier alpha value is -2.49. The van der Waals surface area contributed by atoms with Crippen LogP contribution in [0.4, 0.5) is 0 Å². The topological polar surface area (TPSA) is 56.1 Å². The first kappa shape index (κ1) is 12.0. The fraction of sp³-hybridized carbons (Fsp3) is 0.0714. The van der Waals surface area contributed by atoms with Crippen molar-refractivity contribution in [3.63, 3.8) is 0 Å². The van der Waals surface area contributed by atoms with Gasteiger partial charge in [0.1, 0.15) is 0 Å². The Balaban J connectivity index is 2.58. The number of hydrogen-bond acceptors (Lipinski definition) is 3. The molecule has 4 nitrogen and oxygen atoms in total. The molecule has 0 radical (unpaired) electrons. The van der Waals surface area contributed by atoms with Gasteiger partial charge >= 0.3 is 0 Å². The number of aromatic nitrogens is 1. The second-order valence-corrected chi connectivity index (χ2v) is 3.92. The van der Waals surface area contributed by atoms with Crippen molar-refractivity contribution < 1.29 is 9.59 Å². The molecule has 0 N–H and O–H groups in total. The van der Waals surface area contributed by atoms with Crippen LogP contribution >= 0.6 is 0 Å². The molecule has 0 unspecified atom stereocenters. The fourth-order valence-corrected chi connectivity index (χ4v) is 1.71. The second-order valence-electron chi connectivity index (χ2n) is 3.92. The van der Waals surface area contributed by atoms with Gasteiger partial charge in [-0.3, -0.25) is 14.4 Å². The summed E-state index contributed by atoms with van der Waals surface area (Å²) < 4.78 is 1.24. The molecule has 18 heavy (non-hydrogen) atoms. The van der Waals surface area contributed by atoms with Gasteiger partial charge in [-0.2, -0.15) is 0 Å². The summed E-state index contributed by atoms with van der Waals surface area (Å²) in [6.45, 7) is 0. The Labute approximate surface area is 103 Å². The van der Waals surface area contributed by atoms with Crippen molar-refractivity contribution in [2.45, 2.75) is 0 Å². The number of hydrogen-bond donors (Lipinski definition) is 0. The summed E-state index contributed by atoms with van der Waals surface area (Å²) in [7, 11) is 1.51. The number of aryl methyl sites for hydroxylation is 1. The Kier molecular flexibility index (Phi) is 3.19. The molecule has 0 atom stereocenters. The van der Waals surface area contributed by atoms with E-state index in [1.54, 1.807) is 30.3 Å². The van der Waals surface area contributed by atoms with E-state index in [1.165, 1.54) is 23.9 Å². The maximum atomic E-state index is 12.2. The molecule has 1 aromatic heterocycles. The Morgan fingerprint density at radius 2 is 1.89 bits per heavy atom. The van der Waals surface area contributed by atoms with E-state index in [4.69, 9.17) is 0 Å². The summed E-state index contributed by atoms with van der Waals surface area (Å²) in [5, 5.41) is 0. The number of ketones is 1. The Bertz CT molecular complexity index is 656. The highest BCUT2D eigenvalue weighted by Gasteiger charge is 2.14. The standard InChI is InChI=1S/C14H11NO3/c1-15-8-10(9-16)7-12(14(15)18)13(17)11-5-3-2-4-6-11/h2-9H,1H3. The van der Waals surface area contributed by atoms with Crippen molar-refractivity contribution in [2.75, 3.05) is 0 Å². The van der Waals surface area contributed by atoms with E-state index in [0.717, 1.165) is 0 Å². The van der Waals surface area contributed by atoms with Crippen LogP contribution in [0.5, 0.6) is 0 Å². The predicted octanol–water partition coefficient (Wildman–Crippen LogP) is 1.43. The van der Waals surface area contributed by atoms with E-state index in [9.17, 15) is 14.4 Å². The zero-order valence-electron chi connectivity index (χ0n) is 9.79. The van der Waals surface area contributed by atoms with Crippen LogP contribution in [0.1, 0.15) is 26.3 Å². The number of benzene rings is 1. The minimum atomic E-state index is -0.408. The average Bonchev–Trinajstić information content (AvgIpc) is 2.42. The minimum absolute atomic E-state index is 0.00769. The van der Waals surface area contributed by atoms with Gasteiger partial charge in [-0.25, -0.2) is 0 Å². The Morgan fingerprint density at radius 3 is 2.50 bits per heavy atom. The van der Waals surface area contributed by atoms with Gasteiger partial charge in [-0.15, -0.1) is 0 Å². The molecule has 2 rings (SSSR count). The molecule has 0 spiro atoms. The Morgan fingerprint density at radius 1 is 1.22 bits per heavy atom. The molecular formula is C14H11NO3. The van der Waals surface area contributed by atoms with Gasteiger partial charge < -0.3 is 4.57 Å². The summed E-state index contributed by atoms with van der Waals surface area (Å²) in [5.41, 5.74) is 0.330. The van der Waals surface area contributed by atoms with Crippen LogP contribution < -0.4 is 5.56 Å². The van der Waals surface area contributed by atoms with Crippen LogP contribution in [0, 0.1) is 0 Å². The first-order valence-electron chi connectivity index (χ1n) is 5.39. The van der Waals surface area contributed by atoms with E-state index >= 15 is 0 Å². The highest BCUT2D eigenvalue weighted by molar-refractivity contribution is 6.09. The largest absolute Gasteiger partial charge is 0.317 e. The lowest BCUT2D eigenvalue weighted by Gasteiger charge is -2.04. The number of aldehydes is 1. The third-order valence-electron chi connectivity index (χ3n) is 2.62. The first-order valence-corrected chi connectivity index (χ1v) is 5.39. The number of carbonyl (C=O) groups is 2. The van der Waals surface area contributed by atoms with Crippen molar-refractivity contribution in [1.82, 2.24) is 4.57 Å². The summed E-state index contributed by atoms with van der Waals surface area (Å²) in [5.74, 6) is -0.375. The number of rotatable bonds is 3. The van der Waals surface area contributed by atoms with Crippen molar-refractivity contribution in [2.24, 2.45) is 7.05 Å². The molecular weight excluding hydrogens is 230 g/mol. The van der Waals surface area contributed by atoms with Gasteiger partial charge in [0.25, 0.3) is 5.56 Å². The first-order chi connectivity index (χ1) is 8.63. The highest BCUT2D eigenvalue weighted by atomic mass is 16.1. The maximum absolute atomic E-state index is 12.2. The predicted molar refractivity (Wildman–Crippen MR) is 66.9 cm³/mol. The van der Waals surface area contributed by atoms with Crippen molar-refractivity contribution in [3.8, 4) is 0 Å². The third kappa shape index (κ3) is 2.13. The van der Waals surface area contributed by atoms with E-state index in [-0.39, 0.29) is 11.3 Å². The number of carbonyl (C=O) groups excluding carboxylic acids is 2. The zero-order valence-corrected chi connectivity index (χ0v) is 9.79. The molecule has 0 aliphatic heterocycles. The maximum Gasteiger partial charge on any atom is 0.261 e. The van der Waals surface area contributed by atoms with Crippen LogP contribution in [0.2, 0.25) is 0 Å². The van der Waals surface area contributed by atoms with Crippen molar-refractivity contribution >= 4 is 12.1 Å². The quantitative estimate of drug-likeness (QED) is 0.603. The van der Waals surface area contributed by atoms with E-state index in [1.807, 2.05) is 0 Å². The summed E-state index contributed by atoms with van der Waals surface area (Å²) >= 11 is 0. The van der Waals surface area contributed by atoms with Gasteiger partial charge in [-0.1, -0.05) is 30.3 Å². The molecule has 0 saturated carbocycles. The fourth-order valence-electron chi connectivity index (χ4n) is 1.71. The molecule has 0 aliphatic carbocycles. The van der Waals surface area contributed by atoms with Crippen LogP contribution in [0.25, 0.3) is 0 Å².